The van der Waals surface area contributed by atoms with Gasteiger partial charge >= 0.3 is 5.97 Å². The first kappa shape index (κ1) is 13.9. The predicted octanol–water partition coefficient (Wildman–Crippen LogP) is 1.56. The molecule has 2 atom stereocenters. The van der Waals surface area contributed by atoms with E-state index in [2.05, 4.69) is 4.98 Å². The largest absolute Gasteiger partial charge is 0.480 e. The van der Waals surface area contributed by atoms with Crippen LogP contribution in [0.15, 0.2) is 24.4 Å². The highest BCUT2D eigenvalue weighted by molar-refractivity contribution is 8.01. The molecule has 5 nitrogen and oxygen atoms in total. The van der Waals surface area contributed by atoms with Crippen molar-refractivity contribution in [2.75, 3.05) is 12.3 Å². The van der Waals surface area contributed by atoms with Gasteiger partial charge in [0.1, 0.15) is 5.25 Å². The van der Waals surface area contributed by atoms with E-state index in [-0.39, 0.29) is 11.7 Å². The maximum absolute atomic E-state index is 12.0. The Morgan fingerprint density at radius 1 is 1.58 bits per heavy atom. The van der Waals surface area contributed by atoms with Crippen molar-refractivity contribution in [2.45, 2.75) is 24.6 Å². The fourth-order valence-electron chi connectivity index (χ4n) is 2.23. The lowest BCUT2D eigenvalue weighted by atomic mass is 10.1. The van der Waals surface area contributed by atoms with Crippen LogP contribution in [0.4, 0.5) is 0 Å². The number of aliphatic carboxylic acids is 1. The molecule has 2 heterocycles. The Morgan fingerprint density at radius 2 is 2.37 bits per heavy atom. The van der Waals surface area contributed by atoms with E-state index in [1.54, 1.807) is 23.2 Å². The molecule has 1 aromatic heterocycles. The molecule has 1 fully saturated rings. The third kappa shape index (κ3) is 2.89. The number of carboxylic acids is 1. The zero-order valence-electron chi connectivity index (χ0n) is 10.7. The molecule has 0 spiro atoms. The summed E-state index contributed by atoms with van der Waals surface area (Å²) < 4.78 is 0. The van der Waals surface area contributed by atoms with Crippen molar-refractivity contribution in [1.29, 1.82) is 0 Å². The number of carbonyl (C=O) groups excluding carboxylic acids is 1. The first-order valence-electron chi connectivity index (χ1n) is 6.20. The summed E-state index contributed by atoms with van der Waals surface area (Å²) in [4.78, 5) is 29.3. The van der Waals surface area contributed by atoms with Gasteiger partial charge in [-0.25, -0.2) is 0 Å². The van der Waals surface area contributed by atoms with Crippen molar-refractivity contribution in [3.63, 3.8) is 0 Å². The molecule has 1 saturated heterocycles. The van der Waals surface area contributed by atoms with Crippen molar-refractivity contribution in [2.24, 2.45) is 0 Å². The van der Waals surface area contributed by atoms with E-state index in [1.807, 2.05) is 13.0 Å². The summed E-state index contributed by atoms with van der Waals surface area (Å²) in [6, 6.07) is 4.89. The molecule has 1 N–H and O–H groups in total. The van der Waals surface area contributed by atoms with Gasteiger partial charge in [0.25, 0.3) is 0 Å². The predicted molar refractivity (Wildman–Crippen MR) is 72.9 cm³/mol. The van der Waals surface area contributed by atoms with Crippen molar-refractivity contribution < 1.29 is 14.7 Å². The standard InChI is InChI=1S/C13H16N2O3S/c1-2-7-15-10(16)8-19-12(13(17)18)11(15)9-5-3-4-6-14-9/h3-6,11-12H,2,7-8H2,1H3,(H,17,18). The van der Waals surface area contributed by atoms with Gasteiger partial charge in [0.15, 0.2) is 0 Å². The van der Waals surface area contributed by atoms with Crippen LogP contribution in [0.25, 0.3) is 0 Å². The van der Waals surface area contributed by atoms with Gasteiger partial charge in [0.05, 0.1) is 17.5 Å². The zero-order valence-corrected chi connectivity index (χ0v) is 11.5. The van der Waals surface area contributed by atoms with Crippen molar-refractivity contribution >= 4 is 23.6 Å². The van der Waals surface area contributed by atoms with Gasteiger partial charge in [-0.1, -0.05) is 13.0 Å². The lowest BCUT2D eigenvalue weighted by molar-refractivity contribution is -0.140. The Hall–Kier alpha value is -1.56. The number of amides is 1. The number of aromatic nitrogens is 1. The average Bonchev–Trinajstić information content (AvgIpc) is 2.41. The summed E-state index contributed by atoms with van der Waals surface area (Å²) in [6.45, 7) is 2.53. The SMILES string of the molecule is CCCN1C(=O)CSC(C(=O)O)C1c1ccccn1. The average molecular weight is 280 g/mol. The number of hydrogen-bond donors (Lipinski definition) is 1. The first-order valence-corrected chi connectivity index (χ1v) is 7.24. The molecule has 0 radical (unpaired) electrons. The fraction of sp³-hybridized carbons (Fsp3) is 0.462. The van der Waals surface area contributed by atoms with Crippen LogP contribution < -0.4 is 0 Å². The normalized spacial score (nSPS) is 23.4. The maximum atomic E-state index is 12.0. The third-order valence-corrected chi connectivity index (χ3v) is 4.26. The Morgan fingerprint density at radius 3 is 2.95 bits per heavy atom. The molecule has 6 heteroatoms. The number of carbonyl (C=O) groups is 2. The Kier molecular flexibility index (Phi) is 4.42. The molecule has 2 rings (SSSR count). The molecule has 2 unspecified atom stereocenters. The third-order valence-electron chi connectivity index (χ3n) is 3.03. The van der Waals surface area contributed by atoms with Crippen LogP contribution in [0.5, 0.6) is 0 Å². The lowest BCUT2D eigenvalue weighted by Crippen LogP contribution is -2.48. The maximum Gasteiger partial charge on any atom is 0.319 e. The molecule has 1 aliphatic rings. The van der Waals surface area contributed by atoms with Crippen LogP contribution in [0.3, 0.4) is 0 Å². The van der Waals surface area contributed by atoms with Gasteiger partial charge in [-0.3, -0.25) is 14.6 Å². The fourth-order valence-corrected chi connectivity index (χ4v) is 3.33. The van der Waals surface area contributed by atoms with Gasteiger partial charge in [-0.15, -0.1) is 11.8 Å². The van der Waals surface area contributed by atoms with E-state index in [1.165, 1.54) is 11.8 Å². The van der Waals surface area contributed by atoms with Gasteiger partial charge in [-0.2, -0.15) is 0 Å². The second-order valence-electron chi connectivity index (χ2n) is 4.36. The van der Waals surface area contributed by atoms with Gasteiger partial charge in [0, 0.05) is 12.7 Å². The number of hydrogen-bond acceptors (Lipinski definition) is 4. The molecule has 1 aromatic rings. The lowest BCUT2D eigenvalue weighted by Gasteiger charge is -2.38. The van der Waals surface area contributed by atoms with Gasteiger partial charge in [-0.05, 0) is 18.6 Å². The van der Waals surface area contributed by atoms with Gasteiger partial charge < -0.3 is 10.0 Å². The summed E-state index contributed by atoms with van der Waals surface area (Å²) in [7, 11) is 0. The molecule has 102 valence electrons. The molecule has 0 aromatic carbocycles. The minimum atomic E-state index is -0.894. The van der Waals surface area contributed by atoms with Crippen molar-refractivity contribution in [1.82, 2.24) is 9.88 Å². The van der Waals surface area contributed by atoms with E-state index in [0.29, 0.717) is 12.2 Å². The summed E-state index contributed by atoms with van der Waals surface area (Å²) in [5.41, 5.74) is 0.643. The van der Waals surface area contributed by atoms with Crippen LogP contribution in [0.1, 0.15) is 25.1 Å². The highest BCUT2D eigenvalue weighted by Crippen LogP contribution is 2.36. The first-order chi connectivity index (χ1) is 9.15. The Balaban J connectivity index is 2.38. The smallest absolute Gasteiger partial charge is 0.319 e. The second-order valence-corrected chi connectivity index (χ2v) is 5.49. The van der Waals surface area contributed by atoms with Crippen LogP contribution in [0.2, 0.25) is 0 Å². The van der Waals surface area contributed by atoms with E-state index >= 15 is 0 Å². The molecular weight excluding hydrogens is 264 g/mol. The van der Waals surface area contributed by atoms with Crippen LogP contribution in [-0.4, -0.2) is 44.4 Å². The summed E-state index contributed by atoms with van der Waals surface area (Å²) >= 11 is 1.18. The number of carboxylic acid groups (broad SMARTS) is 1. The van der Waals surface area contributed by atoms with Crippen LogP contribution >= 0.6 is 11.8 Å². The number of nitrogens with zero attached hydrogens (tertiary/aromatic N) is 2. The van der Waals surface area contributed by atoms with E-state index in [0.717, 1.165) is 6.42 Å². The summed E-state index contributed by atoms with van der Waals surface area (Å²) in [5.74, 6) is -0.686. The number of pyridine rings is 1. The molecule has 1 aliphatic heterocycles. The molecule has 0 aliphatic carbocycles. The molecule has 19 heavy (non-hydrogen) atoms. The van der Waals surface area contributed by atoms with E-state index < -0.39 is 17.3 Å². The minimum Gasteiger partial charge on any atom is -0.480 e. The molecule has 0 bridgehead atoms. The van der Waals surface area contributed by atoms with E-state index in [4.69, 9.17) is 0 Å². The quantitative estimate of drug-likeness (QED) is 0.906. The molecular formula is C13H16N2O3S. The monoisotopic (exact) mass is 280 g/mol. The molecule has 0 saturated carbocycles. The minimum absolute atomic E-state index is 0.0139. The zero-order chi connectivity index (χ0) is 13.8. The van der Waals surface area contributed by atoms with Crippen LogP contribution in [0, 0.1) is 0 Å². The Labute approximate surface area is 116 Å². The highest BCUT2D eigenvalue weighted by Gasteiger charge is 2.41. The molecule has 1 amide bonds. The van der Waals surface area contributed by atoms with Crippen molar-refractivity contribution in [3.05, 3.63) is 30.1 Å². The number of thioether (sulfide) groups is 1. The summed E-state index contributed by atoms with van der Waals surface area (Å²) in [6.07, 6.45) is 2.42. The number of rotatable bonds is 4. The Bertz CT molecular complexity index is 466. The second kappa shape index (κ2) is 6.06. The highest BCUT2D eigenvalue weighted by atomic mass is 32.2. The topological polar surface area (TPSA) is 70.5 Å². The summed E-state index contributed by atoms with van der Waals surface area (Å²) in [5, 5.41) is 8.70. The van der Waals surface area contributed by atoms with Gasteiger partial charge in [0.2, 0.25) is 5.91 Å². The van der Waals surface area contributed by atoms with E-state index in [9.17, 15) is 14.7 Å². The van der Waals surface area contributed by atoms with Crippen molar-refractivity contribution in [3.8, 4) is 0 Å². The van der Waals surface area contributed by atoms with Crippen LogP contribution in [-0.2, 0) is 9.59 Å².